The minimum absolute atomic E-state index is 0.128. The first kappa shape index (κ1) is 19.1. The topological polar surface area (TPSA) is 48.0 Å². The summed E-state index contributed by atoms with van der Waals surface area (Å²) in [4.78, 5) is 4.44. The molecule has 1 aliphatic carbocycles. The van der Waals surface area contributed by atoms with Crippen molar-refractivity contribution >= 4 is 28.9 Å². The van der Waals surface area contributed by atoms with E-state index in [1.165, 1.54) is 0 Å². The van der Waals surface area contributed by atoms with Gasteiger partial charge in [0.1, 0.15) is 11.9 Å². The Hall–Kier alpha value is -1.92. The van der Waals surface area contributed by atoms with Crippen LogP contribution in [-0.4, -0.2) is 41.9 Å². The summed E-state index contributed by atoms with van der Waals surface area (Å²) in [7, 11) is 0. The first-order valence-electron chi connectivity index (χ1n) is 9.92. The highest BCUT2D eigenvalue weighted by Gasteiger charge is 2.41. The molecule has 0 amide bonds. The summed E-state index contributed by atoms with van der Waals surface area (Å²) in [6, 6.07) is 12.0. The predicted molar refractivity (Wildman–Crippen MR) is 116 cm³/mol. The number of fused-ring (bicyclic) bond motifs is 1. The summed E-state index contributed by atoms with van der Waals surface area (Å²) in [6.07, 6.45) is 5.08. The van der Waals surface area contributed by atoms with E-state index < -0.39 is 0 Å². The van der Waals surface area contributed by atoms with Gasteiger partial charge in [0.15, 0.2) is 0 Å². The SMILES string of the molecule is O[C@@H]1CCN([C@H]2Cc3c(Cl)cc(Cl)cc3[C@@H]2Oc2ccc(N3C=CNC3)cc2)C1. The highest BCUT2D eigenvalue weighted by Crippen LogP contribution is 2.43. The zero-order chi connectivity index (χ0) is 20.0. The molecule has 2 heterocycles. The molecule has 3 aliphatic rings. The van der Waals surface area contributed by atoms with E-state index in [9.17, 15) is 5.11 Å². The van der Waals surface area contributed by atoms with Gasteiger partial charge in [-0.2, -0.15) is 0 Å². The Kier molecular flexibility index (Phi) is 5.08. The van der Waals surface area contributed by atoms with E-state index in [0.717, 1.165) is 48.6 Å². The maximum Gasteiger partial charge on any atom is 0.140 e. The fraction of sp³-hybridized carbons (Fsp3) is 0.364. The molecule has 0 unspecified atom stereocenters. The van der Waals surface area contributed by atoms with E-state index in [1.807, 2.05) is 30.6 Å². The van der Waals surface area contributed by atoms with Crippen LogP contribution in [0.2, 0.25) is 10.0 Å². The Morgan fingerprint density at radius 2 is 1.97 bits per heavy atom. The number of aliphatic hydroxyl groups is 1. The predicted octanol–water partition coefficient (Wildman–Crippen LogP) is 3.94. The number of hydrogen-bond donors (Lipinski definition) is 2. The summed E-state index contributed by atoms with van der Waals surface area (Å²) < 4.78 is 6.50. The van der Waals surface area contributed by atoms with Gasteiger partial charge in [0.25, 0.3) is 0 Å². The molecule has 0 spiro atoms. The Morgan fingerprint density at radius 3 is 2.66 bits per heavy atom. The van der Waals surface area contributed by atoms with Gasteiger partial charge >= 0.3 is 0 Å². The van der Waals surface area contributed by atoms with Crippen molar-refractivity contribution in [2.75, 3.05) is 24.7 Å². The molecule has 5 nitrogen and oxygen atoms in total. The summed E-state index contributed by atoms with van der Waals surface area (Å²) >= 11 is 12.8. The van der Waals surface area contributed by atoms with Crippen LogP contribution in [0.25, 0.3) is 0 Å². The number of benzene rings is 2. The van der Waals surface area contributed by atoms with Crippen molar-refractivity contribution in [2.45, 2.75) is 31.1 Å². The largest absolute Gasteiger partial charge is 0.484 e. The molecule has 7 heteroatoms. The monoisotopic (exact) mass is 431 g/mol. The molecule has 0 bridgehead atoms. The maximum absolute atomic E-state index is 10.0. The number of aliphatic hydroxyl groups excluding tert-OH is 1. The third-order valence-electron chi connectivity index (χ3n) is 5.99. The van der Waals surface area contributed by atoms with E-state index in [0.29, 0.717) is 16.6 Å². The van der Waals surface area contributed by atoms with Gasteiger partial charge in [-0.15, -0.1) is 0 Å². The molecule has 2 aromatic rings. The molecule has 0 aromatic heterocycles. The standard InChI is InChI=1S/C22H23Cl2N3O2/c23-14-9-19-18(20(24)10-14)11-21(26-7-5-16(28)12-26)22(19)29-17-3-1-15(2-4-17)27-8-6-25-13-27/h1-4,6,8-10,16,21-22,25,28H,5,7,11-13H2/t16-,21+,22+/m1/s1. The average molecular weight is 432 g/mol. The van der Waals surface area contributed by atoms with Gasteiger partial charge in [-0.1, -0.05) is 23.2 Å². The third-order valence-corrected chi connectivity index (χ3v) is 6.55. The van der Waals surface area contributed by atoms with Crippen LogP contribution in [0.5, 0.6) is 5.75 Å². The number of rotatable bonds is 4. The van der Waals surface area contributed by atoms with Crippen LogP contribution in [0.15, 0.2) is 48.8 Å². The molecule has 0 saturated carbocycles. The average Bonchev–Trinajstić information content (AvgIpc) is 3.44. The first-order chi connectivity index (χ1) is 14.1. The fourth-order valence-electron chi connectivity index (χ4n) is 4.53. The molecule has 2 aromatic carbocycles. The van der Waals surface area contributed by atoms with Crippen molar-refractivity contribution < 1.29 is 9.84 Å². The Morgan fingerprint density at radius 1 is 1.14 bits per heavy atom. The zero-order valence-electron chi connectivity index (χ0n) is 15.9. The van der Waals surface area contributed by atoms with E-state index >= 15 is 0 Å². The summed E-state index contributed by atoms with van der Waals surface area (Å²) in [6.45, 7) is 2.29. The van der Waals surface area contributed by atoms with Crippen LogP contribution in [0.1, 0.15) is 23.7 Å². The van der Waals surface area contributed by atoms with E-state index in [1.54, 1.807) is 6.07 Å². The van der Waals surface area contributed by atoms with Crippen LogP contribution in [0.3, 0.4) is 0 Å². The van der Waals surface area contributed by atoms with Crippen molar-refractivity contribution in [3.63, 3.8) is 0 Å². The molecule has 1 saturated heterocycles. The second-order valence-electron chi connectivity index (χ2n) is 7.84. The Bertz CT molecular complexity index is 934. The number of nitrogens with zero attached hydrogens (tertiary/aromatic N) is 2. The van der Waals surface area contributed by atoms with Gasteiger partial charge in [-0.25, -0.2) is 0 Å². The van der Waals surface area contributed by atoms with Crippen LogP contribution in [0.4, 0.5) is 5.69 Å². The van der Waals surface area contributed by atoms with E-state index in [4.69, 9.17) is 27.9 Å². The molecule has 1 fully saturated rings. The molecule has 29 heavy (non-hydrogen) atoms. The lowest BCUT2D eigenvalue weighted by molar-refractivity contribution is 0.0818. The number of β-amino-alcohol motifs (C(OH)–C–C–N with tert-alkyl or cyclic N) is 1. The quantitative estimate of drug-likeness (QED) is 0.767. The normalized spacial score (nSPS) is 26.0. The highest BCUT2D eigenvalue weighted by atomic mass is 35.5. The first-order valence-corrected chi connectivity index (χ1v) is 10.7. The van der Waals surface area contributed by atoms with E-state index in [2.05, 4.69) is 27.2 Å². The minimum atomic E-state index is -0.278. The molecule has 0 radical (unpaired) electrons. The third kappa shape index (κ3) is 3.68. The molecule has 3 atom stereocenters. The van der Waals surface area contributed by atoms with Gasteiger partial charge in [0.05, 0.1) is 18.8 Å². The molecule has 5 rings (SSSR count). The van der Waals surface area contributed by atoms with Crippen molar-refractivity contribution in [3.05, 3.63) is 70.0 Å². The van der Waals surface area contributed by atoms with Crippen molar-refractivity contribution in [1.82, 2.24) is 10.2 Å². The number of likely N-dealkylation sites (tertiary alicyclic amines) is 1. The molecule has 152 valence electrons. The lowest BCUT2D eigenvalue weighted by Crippen LogP contribution is -2.39. The van der Waals surface area contributed by atoms with Crippen LogP contribution >= 0.6 is 23.2 Å². The van der Waals surface area contributed by atoms with Crippen LogP contribution in [-0.2, 0) is 6.42 Å². The second kappa shape index (κ2) is 7.73. The Labute approximate surface area is 180 Å². The summed E-state index contributed by atoms with van der Waals surface area (Å²) in [5.41, 5.74) is 3.25. The number of hydrogen-bond acceptors (Lipinski definition) is 5. The van der Waals surface area contributed by atoms with Crippen LogP contribution < -0.4 is 15.0 Å². The fourth-order valence-corrected chi connectivity index (χ4v) is 5.12. The number of ether oxygens (including phenoxy) is 1. The maximum atomic E-state index is 10.0. The van der Waals surface area contributed by atoms with Gasteiger partial charge in [-0.05, 0) is 54.8 Å². The number of anilines is 1. The lowest BCUT2D eigenvalue weighted by Gasteiger charge is -2.30. The van der Waals surface area contributed by atoms with Crippen molar-refractivity contribution in [1.29, 1.82) is 0 Å². The second-order valence-corrected chi connectivity index (χ2v) is 8.69. The number of nitrogens with one attached hydrogen (secondary N) is 1. The van der Waals surface area contributed by atoms with Crippen molar-refractivity contribution in [3.8, 4) is 5.75 Å². The molecular weight excluding hydrogens is 409 g/mol. The molecule has 2 aliphatic heterocycles. The summed E-state index contributed by atoms with van der Waals surface area (Å²) in [5.74, 6) is 0.809. The highest BCUT2D eigenvalue weighted by molar-refractivity contribution is 6.35. The van der Waals surface area contributed by atoms with Gasteiger partial charge in [0.2, 0.25) is 0 Å². The van der Waals surface area contributed by atoms with Gasteiger partial charge in [0, 0.05) is 46.8 Å². The lowest BCUT2D eigenvalue weighted by atomic mass is 10.1. The zero-order valence-corrected chi connectivity index (χ0v) is 17.4. The summed E-state index contributed by atoms with van der Waals surface area (Å²) in [5, 5.41) is 14.5. The Balaban J connectivity index is 1.43. The van der Waals surface area contributed by atoms with Crippen LogP contribution in [0, 0.1) is 0 Å². The van der Waals surface area contributed by atoms with Crippen molar-refractivity contribution in [2.24, 2.45) is 0 Å². The molecular formula is C22H23Cl2N3O2. The molecule has 2 N–H and O–H groups in total. The van der Waals surface area contributed by atoms with Gasteiger partial charge in [-0.3, -0.25) is 4.90 Å². The smallest absolute Gasteiger partial charge is 0.140 e. The number of halogens is 2. The van der Waals surface area contributed by atoms with Gasteiger partial charge < -0.3 is 20.1 Å². The minimum Gasteiger partial charge on any atom is -0.484 e. The van der Waals surface area contributed by atoms with E-state index in [-0.39, 0.29) is 18.2 Å².